The maximum atomic E-state index is 13.1. The van der Waals surface area contributed by atoms with Crippen LogP contribution >= 0.6 is 34.5 Å². The predicted octanol–water partition coefficient (Wildman–Crippen LogP) is 3.75. The Kier molecular flexibility index (Phi) is 9.89. The highest BCUT2D eigenvalue weighted by atomic mass is 35.5. The van der Waals surface area contributed by atoms with Gasteiger partial charge >= 0.3 is 6.03 Å². The molecule has 2 fully saturated rings. The summed E-state index contributed by atoms with van der Waals surface area (Å²) in [4.78, 5) is 42.2. The zero-order chi connectivity index (χ0) is 28.0. The van der Waals surface area contributed by atoms with Crippen molar-refractivity contribution in [3.8, 4) is 0 Å². The number of halogens is 2. The van der Waals surface area contributed by atoms with Crippen molar-refractivity contribution in [1.82, 2.24) is 19.8 Å². The molecule has 14 heteroatoms. The Bertz CT molecular complexity index is 1350. The van der Waals surface area contributed by atoms with Gasteiger partial charge in [0.1, 0.15) is 6.04 Å². The van der Waals surface area contributed by atoms with E-state index in [1.165, 1.54) is 22.3 Å². The van der Waals surface area contributed by atoms with E-state index in [4.69, 9.17) is 23.2 Å². The van der Waals surface area contributed by atoms with Gasteiger partial charge in [-0.25, -0.2) is 13.2 Å². The Balaban J connectivity index is 1.28. The van der Waals surface area contributed by atoms with Gasteiger partial charge in [-0.15, -0.1) is 11.3 Å². The summed E-state index contributed by atoms with van der Waals surface area (Å²) in [5.41, 5.74) is 0.555. The summed E-state index contributed by atoms with van der Waals surface area (Å²) >= 11 is 13.1. The van der Waals surface area contributed by atoms with Crippen molar-refractivity contribution in [3.63, 3.8) is 0 Å². The third-order valence-corrected chi connectivity index (χ3v) is 8.99. The number of sulfonamides is 1. The lowest BCUT2D eigenvalue weighted by Crippen LogP contribution is -2.55. The van der Waals surface area contributed by atoms with E-state index in [1.807, 2.05) is 0 Å². The van der Waals surface area contributed by atoms with Gasteiger partial charge in [0, 0.05) is 46.7 Å². The number of thiophene rings is 1. The number of piperidine rings is 1. The Morgan fingerprint density at radius 3 is 2.64 bits per heavy atom. The molecule has 0 aliphatic carbocycles. The molecule has 2 atom stereocenters. The van der Waals surface area contributed by atoms with E-state index in [-0.39, 0.29) is 25.0 Å². The van der Waals surface area contributed by atoms with E-state index >= 15 is 0 Å². The van der Waals surface area contributed by atoms with Gasteiger partial charge in [-0.1, -0.05) is 29.3 Å². The van der Waals surface area contributed by atoms with Crippen LogP contribution in [0.25, 0.3) is 6.08 Å². The highest BCUT2D eigenvalue weighted by Crippen LogP contribution is 2.23. The summed E-state index contributed by atoms with van der Waals surface area (Å²) in [5.74, 6) is -0.665. The highest BCUT2D eigenvalue weighted by molar-refractivity contribution is 7.92. The molecule has 3 N–H and O–H groups in total. The van der Waals surface area contributed by atoms with Gasteiger partial charge in [-0.05, 0) is 62.1 Å². The van der Waals surface area contributed by atoms with Crippen LogP contribution < -0.4 is 15.4 Å². The van der Waals surface area contributed by atoms with Gasteiger partial charge in [0.15, 0.2) is 0 Å². The van der Waals surface area contributed by atoms with Gasteiger partial charge in [0.25, 0.3) is 0 Å². The van der Waals surface area contributed by atoms with Crippen LogP contribution in [-0.4, -0.2) is 74.3 Å². The van der Waals surface area contributed by atoms with Crippen molar-refractivity contribution in [3.05, 3.63) is 56.0 Å². The zero-order valence-electron chi connectivity index (χ0n) is 20.9. The highest BCUT2D eigenvalue weighted by Gasteiger charge is 2.35. The Morgan fingerprint density at radius 1 is 1.10 bits per heavy atom. The van der Waals surface area contributed by atoms with Gasteiger partial charge in [-0.2, -0.15) is 4.72 Å². The van der Waals surface area contributed by atoms with Crippen molar-refractivity contribution in [1.29, 1.82) is 0 Å². The number of carbonyl (C=O) groups is 3. The van der Waals surface area contributed by atoms with Crippen LogP contribution in [0.5, 0.6) is 0 Å². The SMILES string of the molecule is O=C(NC[C@H]1CCCN1C(=O)CN1CCC[C@H](NS(=O)(=O)/C=C/c2ccc(Cl)s2)C1=O)Nc1cccc(Cl)c1. The number of urea groups is 1. The molecule has 0 radical (unpaired) electrons. The Labute approximate surface area is 241 Å². The maximum absolute atomic E-state index is 13.1. The lowest BCUT2D eigenvalue weighted by Gasteiger charge is -2.34. The number of nitrogens with one attached hydrogen (secondary N) is 3. The fraction of sp³-hybridized carbons (Fsp3) is 0.400. The van der Waals surface area contributed by atoms with Gasteiger partial charge in [0.2, 0.25) is 21.8 Å². The van der Waals surface area contributed by atoms with Crippen LogP contribution in [0.4, 0.5) is 10.5 Å². The average molecular weight is 615 g/mol. The summed E-state index contributed by atoms with van der Waals surface area (Å²) in [6.45, 7) is 1.00. The first-order valence-corrected chi connectivity index (χ1v) is 15.6. The minimum absolute atomic E-state index is 0.147. The molecule has 2 aliphatic heterocycles. The molecule has 3 heterocycles. The zero-order valence-corrected chi connectivity index (χ0v) is 24.1. The monoisotopic (exact) mass is 613 g/mol. The molecule has 2 aromatic rings. The molecule has 2 aliphatic rings. The first-order valence-electron chi connectivity index (χ1n) is 12.4. The normalized spacial score (nSPS) is 20.0. The van der Waals surface area contributed by atoms with Crippen molar-refractivity contribution in [2.75, 3.05) is 31.5 Å². The number of benzene rings is 1. The van der Waals surface area contributed by atoms with E-state index in [9.17, 15) is 22.8 Å². The average Bonchev–Trinajstić information content (AvgIpc) is 3.53. The van der Waals surface area contributed by atoms with E-state index in [0.29, 0.717) is 45.9 Å². The third-order valence-electron chi connectivity index (χ3n) is 6.45. The topological polar surface area (TPSA) is 128 Å². The molecule has 1 aromatic heterocycles. The predicted molar refractivity (Wildman–Crippen MR) is 153 cm³/mol. The largest absolute Gasteiger partial charge is 0.336 e. The van der Waals surface area contributed by atoms with Crippen molar-refractivity contribution in [2.24, 2.45) is 0 Å². The molecule has 2 saturated heterocycles. The van der Waals surface area contributed by atoms with Crippen LogP contribution in [0.2, 0.25) is 9.36 Å². The third kappa shape index (κ3) is 8.42. The summed E-state index contributed by atoms with van der Waals surface area (Å²) in [6, 6.07) is 8.60. The summed E-state index contributed by atoms with van der Waals surface area (Å²) in [7, 11) is -3.88. The molecule has 0 unspecified atom stereocenters. The van der Waals surface area contributed by atoms with Crippen molar-refractivity contribution < 1.29 is 22.8 Å². The van der Waals surface area contributed by atoms with Gasteiger partial charge in [0.05, 0.1) is 10.9 Å². The minimum Gasteiger partial charge on any atom is -0.336 e. The number of hydrogen-bond acceptors (Lipinski definition) is 6. The summed E-state index contributed by atoms with van der Waals surface area (Å²) in [5, 5.41) is 7.01. The molecule has 4 amide bonds. The molecule has 4 rings (SSSR count). The maximum Gasteiger partial charge on any atom is 0.319 e. The number of amides is 4. The Hall–Kier alpha value is -2.64. The second-order valence-electron chi connectivity index (χ2n) is 9.29. The number of nitrogens with zero attached hydrogens (tertiary/aromatic N) is 2. The van der Waals surface area contributed by atoms with Crippen LogP contribution in [0.15, 0.2) is 41.8 Å². The molecule has 0 bridgehead atoms. The van der Waals surface area contributed by atoms with E-state index in [1.54, 1.807) is 41.3 Å². The number of carbonyl (C=O) groups excluding carboxylic acids is 3. The first kappa shape index (κ1) is 29.3. The smallest absolute Gasteiger partial charge is 0.319 e. The number of anilines is 1. The minimum atomic E-state index is -3.88. The van der Waals surface area contributed by atoms with Crippen LogP contribution in [0, 0.1) is 0 Å². The van der Waals surface area contributed by atoms with E-state index in [0.717, 1.165) is 18.2 Å². The van der Waals surface area contributed by atoms with Crippen LogP contribution in [0.1, 0.15) is 30.6 Å². The molecule has 0 spiro atoms. The molecule has 0 saturated carbocycles. The van der Waals surface area contributed by atoms with Crippen molar-refractivity contribution in [2.45, 2.75) is 37.8 Å². The molecule has 1 aromatic carbocycles. The quantitative estimate of drug-likeness (QED) is 0.397. The second kappa shape index (κ2) is 13.1. The molecule has 10 nitrogen and oxygen atoms in total. The number of rotatable bonds is 9. The molecule has 210 valence electrons. The first-order chi connectivity index (χ1) is 18.6. The number of likely N-dealkylation sites (tertiary alicyclic amines) is 2. The van der Waals surface area contributed by atoms with E-state index < -0.39 is 28.0 Å². The van der Waals surface area contributed by atoms with Crippen molar-refractivity contribution >= 4 is 74.2 Å². The molecule has 39 heavy (non-hydrogen) atoms. The number of hydrogen-bond donors (Lipinski definition) is 3. The summed E-state index contributed by atoms with van der Waals surface area (Å²) < 4.78 is 28.1. The fourth-order valence-electron chi connectivity index (χ4n) is 4.60. The van der Waals surface area contributed by atoms with Gasteiger partial charge in [-0.3, -0.25) is 9.59 Å². The summed E-state index contributed by atoms with van der Waals surface area (Å²) in [6.07, 6.45) is 3.84. The Morgan fingerprint density at radius 2 is 1.90 bits per heavy atom. The second-order valence-corrected chi connectivity index (χ2v) is 13.1. The van der Waals surface area contributed by atoms with E-state index in [2.05, 4.69) is 15.4 Å². The molecular formula is C25H29Cl2N5O5S2. The lowest BCUT2D eigenvalue weighted by molar-refractivity contribution is -0.143. The fourth-order valence-corrected chi connectivity index (χ4v) is 6.86. The van der Waals surface area contributed by atoms with Crippen LogP contribution in [-0.2, 0) is 19.6 Å². The lowest BCUT2D eigenvalue weighted by atomic mass is 10.1. The van der Waals surface area contributed by atoms with Gasteiger partial charge < -0.3 is 20.4 Å². The molecular weight excluding hydrogens is 585 g/mol. The standard InChI is InChI=1S/C25H29Cl2N5O5S2/c26-17-4-1-5-18(14-17)29-25(35)28-15-19-6-2-12-32(19)23(33)16-31-11-3-7-21(24(31)34)30-39(36,37)13-10-20-8-9-22(27)38-20/h1,4-5,8-10,13-14,19,21,30H,2-3,6-7,11-12,15-16H2,(H2,28,29,35)/b13-10+/t19-,21+/m1/s1. The van der Waals surface area contributed by atoms with Crippen LogP contribution in [0.3, 0.4) is 0 Å².